The van der Waals surface area contributed by atoms with Crippen LogP contribution in [0.15, 0.2) is 18.2 Å². The van der Waals surface area contributed by atoms with Crippen LogP contribution in [0.5, 0.6) is 0 Å². The van der Waals surface area contributed by atoms with Crippen LogP contribution in [0.2, 0.25) is 5.02 Å². The molecular weight excluding hydrogens is 234 g/mol. The molecule has 0 aliphatic heterocycles. The monoisotopic (exact) mass is 253 g/mol. The molecule has 94 valence electrons. The molecule has 0 saturated heterocycles. The molecule has 1 rings (SSSR count). The van der Waals surface area contributed by atoms with Gasteiger partial charge in [0.05, 0.1) is 0 Å². The van der Waals surface area contributed by atoms with Gasteiger partial charge in [-0.25, -0.2) is 0 Å². The Kier molecular flexibility index (Phi) is 5.49. The Balaban J connectivity index is 2.55. The van der Waals surface area contributed by atoms with Gasteiger partial charge in [0.2, 0.25) is 5.91 Å². The second-order valence-electron chi connectivity index (χ2n) is 4.15. The van der Waals surface area contributed by atoms with E-state index in [0.29, 0.717) is 6.42 Å². The molecule has 0 bridgehead atoms. The van der Waals surface area contributed by atoms with Crippen molar-refractivity contribution in [3.8, 4) is 0 Å². The van der Waals surface area contributed by atoms with Crippen LogP contribution in [-0.2, 0) is 11.2 Å². The van der Waals surface area contributed by atoms with Crippen LogP contribution in [-0.4, -0.2) is 23.9 Å². The third-order valence-corrected chi connectivity index (χ3v) is 3.39. The summed E-state index contributed by atoms with van der Waals surface area (Å²) < 4.78 is 0. The predicted octanol–water partition coefficient (Wildman–Crippen LogP) is 3.45. The minimum Gasteiger partial charge on any atom is -0.343 e. The molecule has 0 aliphatic carbocycles. The van der Waals surface area contributed by atoms with Crippen molar-refractivity contribution in [2.45, 2.75) is 33.6 Å². The van der Waals surface area contributed by atoms with E-state index in [0.717, 1.165) is 35.7 Å². The highest BCUT2D eigenvalue weighted by Gasteiger charge is 2.09. The number of aryl methyl sites for hydroxylation is 2. The van der Waals surface area contributed by atoms with Crippen molar-refractivity contribution in [3.05, 3.63) is 34.3 Å². The Bertz CT molecular complexity index is 386. The molecule has 0 radical (unpaired) electrons. The standard InChI is InChI=1S/C14H20ClNO/c1-4-16(5-2)14(17)9-8-12-7-6-11(3)13(15)10-12/h6-7,10H,4-5,8-9H2,1-3H3. The first-order valence-corrected chi connectivity index (χ1v) is 6.49. The fourth-order valence-corrected chi connectivity index (χ4v) is 1.98. The van der Waals surface area contributed by atoms with Gasteiger partial charge in [0.1, 0.15) is 0 Å². The summed E-state index contributed by atoms with van der Waals surface area (Å²) in [5.41, 5.74) is 2.20. The second kappa shape index (κ2) is 6.65. The number of benzene rings is 1. The first kappa shape index (κ1) is 14.0. The summed E-state index contributed by atoms with van der Waals surface area (Å²) in [4.78, 5) is 13.7. The van der Waals surface area contributed by atoms with Crippen molar-refractivity contribution in [2.24, 2.45) is 0 Å². The van der Waals surface area contributed by atoms with Crippen LogP contribution >= 0.6 is 11.6 Å². The lowest BCUT2D eigenvalue weighted by molar-refractivity contribution is -0.130. The lowest BCUT2D eigenvalue weighted by Gasteiger charge is -2.18. The van der Waals surface area contributed by atoms with Crippen molar-refractivity contribution in [2.75, 3.05) is 13.1 Å². The van der Waals surface area contributed by atoms with Gasteiger partial charge in [-0.15, -0.1) is 0 Å². The maximum Gasteiger partial charge on any atom is 0.222 e. The van der Waals surface area contributed by atoms with Crippen LogP contribution in [0.1, 0.15) is 31.4 Å². The largest absolute Gasteiger partial charge is 0.343 e. The zero-order valence-corrected chi connectivity index (χ0v) is 11.5. The molecule has 0 N–H and O–H groups in total. The third kappa shape index (κ3) is 4.04. The quantitative estimate of drug-likeness (QED) is 0.787. The maximum atomic E-state index is 11.8. The summed E-state index contributed by atoms with van der Waals surface area (Å²) in [6.07, 6.45) is 1.32. The van der Waals surface area contributed by atoms with Crippen molar-refractivity contribution in [1.29, 1.82) is 0 Å². The molecule has 0 spiro atoms. The van der Waals surface area contributed by atoms with Crippen molar-refractivity contribution in [3.63, 3.8) is 0 Å². The van der Waals surface area contributed by atoms with E-state index in [1.807, 2.05) is 43.9 Å². The van der Waals surface area contributed by atoms with E-state index in [9.17, 15) is 4.79 Å². The lowest BCUT2D eigenvalue weighted by Crippen LogP contribution is -2.30. The highest BCUT2D eigenvalue weighted by atomic mass is 35.5. The van der Waals surface area contributed by atoms with Gasteiger partial charge in [0, 0.05) is 24.5 Å². The highest BCUT2D eigenvalue weighted by Crippen LogP contribution is 2.17. The number of carbonyl (C=O) groups excluding carboxylic acids is 1. The molecule has 1 amide bonds. The molecule has 0 fully saturated rings. The van der Waals surface area contributed by atoms with Gasteiger partial charge in [-0.1, -0.05) is 23.7 Å². The summed E-state index contributed by atoms with van der Waals surface area (Å²) in [5, 5.41) is 0.776. The van der Waals surface area contributed by atoms with Crippen LogP contribution in [0.4, 0.5) is 0 Å². The van der Waals surface area contributed by atoms with E-state index in [-0.39, 0.29) is 5.91 Å². The van der Waals surface area contributed by atoms with E-state index in [4.69, 9.17) is 11.6 Å². The number of amides is 1. The van der Waals surface area contributed by atoms with E-state index in [2.05, 4.69) is 0 Å². The Labute approximate surface area is 109 Å². The Morgan fingerprint density at radius 1 is 1.29 bits per heavy atom. The zero-order chi connectivity index (χ0) is 12.8. The molecule has 0 aromatic heterocycles. The number of hydrogen-bond donors (Lipinski definition) is 0. The van der Waals surface area contributed by atoms with Crippen LogP contribution in [0, 0.1) is 6.92 Å². The van der Waals surface area contributed by atoms with Gasteiger partial charge in [-0.2, -0.15) is 0 Å². The molecular formula is C14H20ClNO. The summed E-state index contributed by atoms with van der Waals surface area (Å²) in [6, 6.07) is 5.99. The molecule has 0 unspecified atom stereocenters. The molecule has 0 heterocycles. The second-order valence-corrected chi connectivity index (χ2v) is 4.56. The van der Waals surface area contributed by atoms with E-state index < -0.39 is 0 Å². The number of nitrogens with zero attached hydrogens (tertiary/aromatic N) is 1. The Morgan fingerprint density at radius 3 is 2.47 bits per heavy atom. The molecule has 0 saturated carbocycles. The summed E-state index contributed by atoms with van der Waals surface area (Å²) in [5.74, 6) is 0.215. The molecule has 1 aromatic carbocycles. The van der Waals surface area contributed by atoms with Gasteiger partial charge >= 0.3 is 0 Å². The van der Waals surface area contributed by atoms with Gasteiger partial charge in [0.25, 0.3) is 0 Å². The molecule has 0 aliphatic rings. The maximum absolute atomic E-state index is 11.8. The normalized spacial score (nSPS) is 10.4. The van der Waals surface area contributed by atoms with E-state index in [1.54, 1.807) is 0 Å². The summed E-state index contributed by atoms with van der Waals surface area (Å²) in [7, 11) is 0. The SMILES string of the molecule is CCN(CC)C(=O)CCc1ccc(C)c(Cl)c1. The number of halogens is 1. The Morgan fingerprint density at radius 2 is 1.94 bits per heavy atom. The topological polar surface area (TPSA) is 20.3 Å². The minimum absolute atomic E-state index is 0.215. The fraction of sp³-hybridized carbons (Fsp3) is 0.500. The smallest absolute Gasteiger partial charge is 0.222 e. The summed E-state index contributed by atoms with van der Waals surface area (Å²) >= 11 is 6.05. The average molecular weight is 254 g/mol. The van der Waals surface area contributed by atoms with E-state index >= 15 is 0 Å². The summed E-state index contributed by atoms with van der Waals surface area (Å²) in [6.45, 7) is 7.55. The Hall–Kier alpha value is -1.02. The molecule has 17 heavy (non-hydrogen) atoms. The molecule has 3 heteroatoms. The fourth-order valence-electron chi connectivity index (χ4n) is 1.78. The van der Waals surface area contributed by atoms with Crippen LogP contribution in [0.25, 0.3) is 0 Å². The number of carbonyl (C=O) groups is 1. The minimum atomic E-state index is 0.215. The molecule has 0 atom stereocenters. The van der Waals surface area contributed by atoms with Crippen LogP contribution in [0.3, 0.4) is 0 Å². The first-order chi connectivity index (χ1) is 8.08. The lowest BCUT2D eigenvalue weighted by atomic mass is 10.1. The first-order valence-electron chi connectivity index (χ1n) is 6.11. The molecule has 1 aromatic rings. The predicted molar refractivity (Wildman–Crippen MR) is 72.4 cm³/mol. The van der Waals surface area contributed by atoms with Crippen molar-refractivity contribution >= 4 is 17.5 Å². The van der Waals surface area contributed by atoms with Crippen LogP contribution < -0.4 is 0 Å². The average Bonchev–Trinajstić information content (AvgIpc) is 2.32. The highest BCUT2D eigenvalue weighted by molar-refractivity contribution is 6.31. The van der Waals surface area contributed by atoms with Crippen molar-refractivity contribution in [1.82, 2.24) is 4.90 Å². The molecule has 2 nitrogen and oxygen atoms in total. The number of hydrogen-bond acceptors (Lipinski definition) is 1. The van der Waals surface area contributed by atoms with Crippen molar-refractivity contribution < 1.29 is 4.79 Å². The zero-order valence-electron chi connectivity index (χ0n) is 10.8. The van der Waals surface area contributed by atoms with Gasteiger partial charge < -0.3 is 4.90 Å². The van der Waals surface area contributed by atoms with Gasteiger partial charge in [-0.05, 0) is 44.4 Å². The number of rotatable bonds is 5. The van der Waals surface area contributed by atoms with Gasteiger partial charge in [-0.3, -0.25) is 4.79 Å². The van der Waals surface area contributed by atoms with Gasteiger partial charge in [0.15, 0.2) is 0 Å². The van der Waals surface area contributed by atoms with E-state index in [1.165, 1.54) is 0 Å². The third-order valence-electron chi connectivity index (χ3n) is 2.98.